The Morgan fingerprint density at radius 3 is 2.34 bits per heavy atom. The zero-order chi connectivity index (χ0) is 21.4. The molecule has 0 aliphatic carbocycles. The largest absolute Gasteiger partial charge is 0.355 e. The molecule has 1 N–H and O–H groups in total. The van der Waals surface area contributed by atoms with Crippen LogP contribution in [-0.4, -0.2) is 35.1 Å². The Morgan fingerprint density at radius 1 is 1.14 bits per heavy atom. The fourth-order valence-corrected chi connectivity index (χ4v) is 4.60. The van der Waals surface area contributed by atoms with Gasteiger partial charge in [-0.05, 0) is 49.2 Å². The standard InChI is InChI=1S/C21H23BrCl2N2O2S/c1-3-25-21(28)14(2)26(11-15-7-9-16(22)10-8-15)20(27)13-29-12-17-18(23)5-4-6-19(17)24/h4-10,14H,3,11-13H2,1-2H3,(H,25,28). The highest BCUT2D eigenvalue weighted by molar-refractivity contribution is 9.10. The van der Waals surface area contributed by atoms with Crippen molar-refractivity contribution in [2.24, 2.45) is 0 Å². The van der Waals surface area contributed by atoms with E-state index in [1.165, 1.54) is 11.8 Å². The third-order valence-electron chi connectivity index (χ3n) is 4.32. The Balaban J connectivity index is 2.08. The summed E-state index contributed by atoms with van der Waals surface area (Å²) in [4.78, 5) is 26.9. The molecule has 0 saturated heterocycles. The lowest BCUT2D eigenvalue weighted by molar-refractivity contribution is -0.138. The number of hydrogen-bond acceptors (Lipinski definition) is 3. The number of carbonyl (C=O) groups excluding carboxylic acids is 2. The molecular weight excluding hydrogens is 495 g/mol. The van der Waals surface area contributed by atoms with Gasteiger partial charge in [0.25, 0.3) is 0 Å². The van der Waals surface area contributed by atoms with Gasteiger partial charge in [0.05, 0.1) is 5.75 Å². The Hall–Kier alpha value is -1.21. The van der Waals surface area contributed by atoms with Crippen LogP contribution in [0.25, 0.3) is 0 Å². The van der Waals surface area contributed by atoms with Crippen LogP contribution in [0.3, 0.4) is 0 Å². The van der Waals surface area contributed by atoms with Crippen LogP contribution in [0.2, 0.25) is 10.0 Å². The lowest BCUT2D eigenvalue weighted by Crippen LogP contribution is -2.48. The maximum Gasteiger partial charge on any atom is 0.242 e. The topological polar surface area (TPSA) is 49.4 Å². The summed E-state index contributed by atoms with van der Waals surface area (Å²) in [5.41, 5.74) is 1.77. The number of benzene rings is 2. The van der Waals surface area contributed by atoms with Crippen LogP contribution >= 0.6 is 50.9 Å². The van der Waals surface area contributed by atoms with Gasteiger partial charge in [0, 0.05) is 33.4 Å². The van der Waals surface area contributed by atoms with Crippen molar-refractivity contribution in [2.45, 2.75) is 32.2 Å². The predicted molar refractivity (Wildman–Crippen MR) is 125 cm³/mol. The van der Waals surface area contributed by atoms with Crippen LogP contribution < -0.4 is 5.32 Å². The van der Waals surface area contributed by atoms with E-state index in [0.717, 1.165) is 15.6 Å². The third kappa shape index (κ3) is 7.21. The molecule has 0 aliphatic rings. The van der Waals surface area contributed by atoms with E-state index in [1.807, 2.05) is 31.2 Å². The van der Waals surface area contributed by atoms with Crippen molar-refractivity contribution in [3.8, 4) is 0 Å². The van der Waals surface area contributed by atoms with E-state index in [2.05, 4.69) is 21.2 Å². The van der Waals surface area contributed by atoms with E-state index in [1.54, 1.807) is 30.0 Å². The molecule has 29 heavy (non-hydrogen) atoms. The lowest BCUT2D eigenvalue weighted by atomic mass is 10.1. The van der Waals surface area contributed by atoms with Gasteiger partial charge in [0.1, 0.15) is 6.04 Å². The van der Waals surface area contributed by atoms with Gasteiger partial charge in [0.2, 0.25) is 11.8 Å². The number of nitrogens with one attached hydrogen (secondary N) is 1. The van der Waals surface area contributed by atoms with Crippen LogP contribution in [-0.2, 0) is 21.9 Å². The summed E-state index contributed by atoms with van der Waals surface area (Å²) in [6.07, 6.45) is 0. The van der Waals surface area contributed by atoms with Crippen molar-refractivity contribution in [3.63, 3.8) is 0 Å². The fraction of sp³-hybridized carbons (Fsp3) is 0.333. The van der Waals surface area contributed by atoms with E-state index in [0.29, 0.717) is 28.9 Å². The fourth-order valence-electron chi connectivity index (χ4n) is 2.68. The second kappa shape index (κ2) is 11.8. The lowest BCUT2D eigenvalue weighted by Gasteiger charge is -2.28. The van der Waals surface area contributed by atoms with Gasteiger partial charge in [-0.15, -0.1) is 11.8 Å². The van der Waals surface area contributed by atoms with Crippen molar-refractivity contribution in [3.05, 3.63) is 68.1 Å². The molecule has 0 bridgehead atoms. The highest BCUT2D eigenvalue weighted by atomic mass is 79.9. The molecule has 8 heteroatoms. The van der Waals surface area contributed by atoms with Gasteiger partial charge in [-0.2, -0.15) is 0 Å². The van der Waals surface area contributed by atoms with E-state index in [9.17, 15) is 9.59 Å². The molecule has 1 atom stereocenters. The molecule has 0 aromatic heterocycles. The first-order chi connectivity index (χ1) is 13.8. The molecule has 0 fully saturated rings. The second-order valence-corrected chi connectivity index (χ2v) is 9.13. The molecule has 2 rings (SSSR count). The zero-order valence-electron chi connectivity index (χ0n) is 16.3. The zero-order valence-corrected chi connectivity index (χ0v) is 20.2. The van der Waals surface area contributed by atoms with E-state index < -0.39 is 6.04 Å². The maximum atomic E-state index is 13.0. The summed E-state index contributed by atoms with van der Waals surface area (Å²) in [6, 6.07) is 12.5. The molecule has 0 heterocycles. The van der Waals surface area contributed by atoms with Crippen LogP contribution in [0.1, 0.15) is 25.0 Å². The highest BCUT2D eigenvalue weighted by Crippen LogP contribution is 2.28. The van der Waals surface area contributed by atoms with Gasteiger partial charge in [-0.25, -0.2) is 0 Å². The average molecular weight is 518 g/mol. The number of hydrogen-bond donors (Lipinski definition) is 1. The number of amides is 2. The summed E-state index contributed by atoms with van der Waals surface area (Å²) >= 11 is 17.2. The molecular formula is C21H23BrCl2N2O2S. The third-order valence-corrected chi connectivity index (χ3v) is 6.50. The van der Waals surface area contributed by atoms with Gasteiger partial charge in [0.15, 0.2) is 0 Å². The number of thioether (sulfide) groups is 1. The number of halogens is 3. The Morgan fingerprint density at radius 2 is 1.76 bits per heavy atom. The Kier molecular flexibility index (Phi) is 9.83. The first-order valence-corrected chi connectivity index (χ1v) is 11.9. The molecule has 0 saturated carbocycles. The van der Waals surface area contributed by atoms with Gasteiger partial charge >= 0.3 is 0 Å². The SMILES string of the molecule is CCNC(=O)C(C)N(Cc1ccc(Br)cc1)C(=O)CSCc1c(Cl)cccc1Cl. The Labute approximate surface area is 194 Å². The molecule has 0 aliphatic heterocycles. The molecule has 2 amide bonds. The number of likely N-dealkylation sites (N-methyl/N-ethyl adjacent to an activating group) is 1. The van der Waals surface area contributed by atoms with Crippen molar-refractivity contribution < 1.29 is 9.59 Å². The first kappa shape index (κ1) is 24.1. The van der Waals surface area contributed by atoms with Gasteiger partial charge < -0.3 is 10.2 Å². The van der Waals surface area contributed by atoms with Crippen LogP contribution in [0.4, 0.5) is 0 Å². The summed E-state index contributed by atoms with van der Waals surface area (Å²) in [7, 11) is 0. The van der Waals surface area contributed by atoms with Crippen LogP contribution in [0, 0.1) is 0 Å². The van der Waals surface area contributed by atoms with Crippen molar-refractivity contribution in [2.75, 3.05) is 12.3 Å². The monoisotopic (exact) mass is 516 g/mol. The minimum atomic E-state index is -0.574. The van der Waals surface area contributed by atoms with Crippen LogP contribution in [0.15, 0.2) is 46.9 Å². The summed E-state index contributed by atoms with van der Waals surface area (Å²) in [6.45, 7) is 4.48. The minimum Gasteiger partial charge on any atom is -0.355 e. The molecule has 2 aromatic carbocycles. The first-order valence-electron chi connectivity index (χ1n) is 9.15. The summed E-state index contributed by atoms with van der Waals surface area (Å²) < 4.78 is 0.961. The maximum absolute atomic E-state index is 13.0. The van der Waals surface area contributed by atoms with Gasteiger partial charge in [-0.1, -0.05) is 57.3 Å². The second-order valence-electron chi connectivity index (χ2n) is 6.41. The Bertz CT molecular complexity index is 829. The molecule has 0 radical (unpaired) electrons. The molecule has 1 unspecified atom stereocenters. The minimum absolute atomic E-state index is 0.111. The highest BCUT2D eigenvalue weighted by Gasteiger charge is 2.25. The molecule has 2 aromatic rings. The van der Waals surface area contributed by atoms with E-state index in [-0.39, 0.29) is 17.6 Å². The molecule has 0 spiro atoms. The van der Waals surface area contributed by atoms with Crippen LogP contribution in [0.5, 0.6) is 0 Å². The predicted octanol–water partition coefficient (Wildman–Crippen LogP) is 5.54. The average Bonchev–Trinajstić information content (AvgIpc) is 2.69. The van der Waals surface area contributed by atoms with Gasteiger partial charge in [-0.3, -0.25) is 9.59 Å². The number of nitrogens with zero attached hydrogens (tertiary/aromatic N) is 1. The number of rotatable bonds is 9. The molecule has 4 nitrogen and oxygen atoms in total. The quantitative estimate of drug-likeness (QED) is 0.474. The summed E-state index contributed by atoms with van der Waals surface area (Å²) in [5, 5.41) is 3.96. The normalized spacial score (nSPS) is 11.8. The smallest absolute Gasteiger partial charge is 0.242 e. The summed E-state index contributed by atoms with van der Waals surface area (Å²) in [5.74, 6) is 0.463. The van der Waals surface area contributed by atoms with E-state index in [4.69, 9.17) is 23.2 Å². The van der Waals surface area contributed by atoms with Crippen molar-refractivity contribution in [1.82, 2.24) is 10.2 Å². The van der Waals surface area contributed by atoms with Crippen molar-refractivity contribution >= 4 is 62.7 Å². The van der Waals surface area contributed by atoms with Crippen molar-refractivity contribution in [1.29, 1.82) is 0 Å². The molecule has 156 valence electrons. The number of carbonyl (C=O) groups is 2. The van der Waals surface area contributed by atoms with E-state index >= 15 is 0 Å².